The van der Waals surface area contributed by atoms with Gasteiger partial charge in [-0.2, -0.15) is 0 Å². The predicted molar refractivity (Wildman–Crippen MR) is 117 cm³/mol. The molecule has 1 atom stereocenters. The molecule has 0 spiro atoms. The van der Waals surface area contributed by atoms with Crippen LogP contribution in [-0.4, -0.2) is 47.6 Å². The average molecular weight is 425 g/mol. The van der Waals surface area contributed by atoms with Crippen LogP contribution in [0.15, 0.2) is 41.5 Å². The number of carbonyl (C=O) groups is 1. The number of pyridine rings is 1. The van der Waals surface area contributed by atoms with E-state index >= 15 is 0 Å². The summed E-state index contributed by atoms with van der Waals surface area (Å²) in [5.74, 6) is 1.13. The van der Waals surface area contributed by atoms with Crippen LogP contribution < -0.4 is 4.90 Å². The minimum absolute atomic E-state index is 0.0296. The Hall–Kier alpha value is -2.44. The Balaban J connectivity index is 1.56. The predicted octanol–water partition coefficient (Wildman–Crippen LogP) is 4.61. The third kappa shape index (κ3) is 3.48. The molecule has 30 heavy (non-hydrogen) atoms. The maximum Gasteiger partial charge on any atom is 0.330 e. The fourth-order valence-corrected chi connectivity index (χ4v) is 4.56. The molecule has 0 saturated carbocycles. The van der Waals surface area contributed by atoms with Crippen LogP contribution in [0.5, 0.6) is 0 Å². The third-order valence-electron chi connectivity index (χ3n) is 6.22. The van der Waals surface area contributed by atoms with Gasteiger partial charge in [-0.1, -0.05) is 30.7 Å². The van der Waals surface area contributed by atoms with Crippen molar-refractivity contribution in [1.29, 1.82) is 0 Å². The van der Waals surface area contributed by atoms with Crippen molar-refractivity contribution in [3.05, 3.63) is 58.4 Å². The number of carbonyl (C=O) groups excluding carboxylic acids is 1. The number of rotatable bonds is 4. The summed E-state index contributed by atoms with van der Waals surface area (Å²) in [7, 11) is 0. The summed E-state index contributed by atoms with van der Waals surface area (Å²) in [6.07, 6.45) is 4.83. The second-order valence-electron chi connectivity index (χ2n) is 8.14. The van der Waals surface area contributed by atoms with E-state index in [1.54, 1.807) is 4.90 Å². The molecule has 6 nitrogen and oxygen atoms in total. The van der Waals surface area contributed by atoms with Crippen molar-refractivity contribution in [2.75, 3.05) is 24.7 Å². The van der Waals surface area contributed by atoms with Gasteiger partial charge in [0.15, 0.2) is 5.84 Å². The van der Waals surface area contributed by atoms with Crippen molar-refractivity contribution in [2.24, 2.45) is 4.99 Å². The van der Waals surface area contributed by atoms with Crippen molar-refractivity contribution in [1.82, 2.24) is 9.88 Å². The molecule has 2 amide bonds. The highest BCUT2D eigenvalue weighted by Gasteiger charge is 2.41. The van der Waals surface area contributed by atoms with E-state index in [1.165, 1.54) is 5.56 Å². The van der Waals surface area contributed by atoms with Gasteiger partial charge in [-0.05, 0) is 54.5 Å². The molecule has 3 aliphatic rings. The van der Waals surface area contributed by atoms with Gasteiger partial charge in [0.05, 0.1) is 24.8 Å². The van der Waals surface area contributed by atoms with Crippen LogP contribution in [0.25, 0.3) is 0 Å². The van der Waals surface area contributed by atoms with Crippen LogP contribution in [0.4, 0.5) is 10.5 Å². The highest BCUT2D eigenvalue weighted by Crippen LogP contribution is 2.36. The van der Waals surface area contributed by atoms with E-state index in [9.17, 15) is 4.79 Å². The van der Waals surface area contributed by atoms with Gasteiger partial charge in [0.2, 0.25) is 0 Å². The fraction of sp³-hybridized carbons (Fsp3) is 0.435. The first-order chi connectivity index (χ1) is 14.6. The number of anilines is 1. The Bertz CT molecular complexity index is 985. The number of amidine groups is 1. The molecular weight excluding hydrogens is 400 g/mol. The fourth-order valence-electron chi connectivity index (χ4n) is 4.43. The van der Waals surface area contributed by atoms with Crippen molar-refractivity contribution in [3.63, 3.8) is 0 Å². The summed E-state index contributed by atoms with van der Waals surface area (Å²) in [6, 6.07) is 9.89. The summed E-state index contributed by atoms with van der Waals surface area (Å²) in [5, 5.41) is 0.687. The summed E-state index contributed by atoms with van der Waals surface area (Å²) in [6.45, 7) is 4.74. The first kappa shape index (κ1) is 19.5. The Morgan fingerprint density at radius 3 is 2.70 bits per heavy atom. The third-order valence-corrected chi connectivity index (χ3v) is 6.48. The number of halogens is 1. The SMILES string of the molecule is CCC1CN2C(=O)N(Cc3ccc(Cl)cc3)c3cc(C4CCOCC4)cnc3C2=N1. The molecule has 3 aliphatic heterocycles. The van der Waals surface area contributed by atoms with E-state index in [0.29, 0.717) is 29.9 Å². The van der Waals surface area contributed by atoms with Gasteiger partial charge in [-0.3, -0.25) is 19.8 Å². The number of benzene rings is 1. The van der Waals surface area contributed by atoms with Gasteiger partial charge in [-0.15, -0.1) is 0 Å². The van der Waals surface area contributed by atoms with E-state index < -0.39 is 0 Å². The zero-order valence-corrected chi connectivity index (χ0v) is 17.8. The number of urea groups is 1. The van der Waals surface area contributed by atoms with Gasteiger partial charge in [0.25, 0.3) is 0 Å². The number of aliphatic imine (C=N–C) groups is 1. The van der Waals surface area contributed by atoms with Crippen LogP contribution in [0.3, 0.4) is 0 Å². The van der Waals surface area contributed by atoms with E-state index in [4.69, 9.17) is 26.3 Å². The zero-order valence-electron chi connectivity index (χ0n) is 17.1. The molecule has 1 fully saturated rings. The largest absolute Gasteiger partial charge is 0.381 e. The van der Waals surface area contributed by atoms with Crippen LogP contribution in [-0.2, 0) is 11.3 Å². The van der Waals surface area contributed by atoms with E-state index in [2.05, 4.69) is 13.0 Å². The summed E-state index contributed by atoms with van der Waals surface area (Å²) >= 11 is 6.05. The number of hydrogen-bond donors (Lipinski definition) is 0. The number of fused-ring (bicyclic) bond motifs is 3. The van der Waals surface area contributed by atoms with Gasteiger partial charge in [-0.25, -0.2) is 4.79 Å². The van der Waals surface area contributed by atoms with Gasteiger partial charge >= 0.3 is 6.03 Å². The summed E-state index contributed by atoms with van der Waals surface area (Å²) < 4.78 is 5.52. The first-order valence-corrected chi connectivity index (χ1v) is 11.0. The molecule has 1 saturated heterocycles. The minimum atomic E-state index is -0.0296. The molecule has 0 bridgehead atoms. The smallest absolute Gasteiger partial charge is 0.330 e. The molecule has 4 heterocycles. The quantitative estimate of drug-likeness (QED) is 0.720. The molecule has 5 rings (SSSR count). The second-order valence-corrected chi connectivity index (χ2v) is 8.58. The van der Waals surface area contributed by atoms with Crippen LogP contribution >= 0.6 is 11.6 Å². The van der Waals surface area contributed by atoms with Crippen LogP contribution in [0.1, 0.15) is 48.9 Å². The summed E-state index contributed by atoms with van der Waals surface area (Å²) in [4.78, 5) is 26.7. The van der Waals surface area contributed by atoms with Crippen molar-refractivity contribution in [2.45, 2.75) is 44.7 Å². The lowest BCUT2D eigenvalue weighted by Gasteiger charge is -2.35. The lowest BCUT2D eigenvalue weighted by Crippen LogP contribution is -2.50. The van der Waals surface area contributed by atoms with Crippen molar-refractivity contribution >= 4 is 29.2 Å². The van der Waals surface area contributed by atoms with E-state index in [1.807, 2.05) is 35.4 Å². The number of amides is 2. The minimum Gasteiger partial charge on any atom is -0.381 e. The maximum atomic E-state index is 13.5. The molecule has 0 radical (unpaired) electrons. The van der Waals surface area contributed by atoms with Crippen LogP contribution in [0, 0.1) is 0 Å². The Labute approximate surface area is 181 Å². The van der Waals surface area contributed by atoms with Gasteiger partial charge < -0.3 is 4.74 Å². The monoisotopic (exact) mass is 424 g/mol. The second kappa shape index (κ2) is 8.00. The molecule has 1 unspecified atom stereocenters. The molecule has 1 aromatic carbocycles. The molecule has 0 N–H and O–H groups in total. The molecule has 0 aliphatic carbocycles. The van der Waals surface area contributed by atoms with E-state index in [-0.39, 0.29) is 12.1 Å². The molecular formula is C23H25ClN4O2. The lowest BCUT2D eigenvalue weighted by molar-refractivity contribution is 0.0853. The lowest BCUT2D eigenvalue weighted by atomic mass is 9.92. The number of aromatic nitrogens is 1. The number of ether oxygens (including phenoxy) is 1. The van der Waals surface area contributed by atoms with Crippen molar-refractivity contribution < 1.29 is 9.53 Å². The van der Waals surface area contributed by atoms with Gasteiger partial charge in [0.1, 0.15) is 5.69 Å². The summed E-state index contributed by atoms with van der Waals surface area (Å²) in [5.41, 5.74) is 3.85. The maximum absolute atomic E-state index is 13.5. The van der Waals surface area contributed by atoms with E-state index in [0.717, 1.165) is 49.4 Å². The highest BCUT2D eigenvalue weighted by atomic mass is 35.5. The Morgan fingerprint density at radius 1 is 1.20 bits per heavy atom. The zero-order chi connectivity index (χ0) is 20.7. The first-order valence-electron chi connectivity index (χ1n) is 10.6. The molecule has 156 valence electrons. The Kier molecular flexibility index (Phi) is 5.21. The normalized spacial score (nSPS) is 21.5. The topological polar surface area (TPSA) is 58.0 Å². The molecule has 2 aromatic rings. The van der Waals surface area contributed by atoms with Gasteiger partial charge in [0, 0.05) is 24.4 Å². The number of nitrogens with zero attached hydrogens (tertiary/aromatic N) is 4. The van der Waals surface area contributed by atoms with Crippen molar-refractivity contribution in [3.8, 4) is 0 Å². The molecule has 7 heteroatoms. The van der Waals surface area contributed by atoms with Crippen LogP contribution in [0.2, 0.25) is 5.02 Å². The molecule has 1 aromatic heterocycles. The standard InChI is InChI=1S/C23H25ClN4O2/c1-2-19-14-28-22(26-19)21-20(11-17(12-25-21)16-7-9-30-10-8-16)27(23(28)29)13-15-3-5-18(24)6-4-15/h3-6,11-12,16,19H,2,7-10,13-14H2,1H3. The highest BCUT2D eigenvalue weighted by molar-refractivity contribution is 6.30. The average Bonchev–Trinajstić information content (AvgIpc) is 3.23. The Morgan fingerprint density at radius 2 is 1.97 bits per heavy atom. The number of hydrogen-bond acceptors (Lipinski definition) is 4.